The first-order valence-electron chi connectivity index (χ1n) is 14.7. The fraction of sp³-hybridized carbons (Fsp3) is 0.353. The number of nitrogens with zero attached hydrogens (tertiary/aromatic N) is 4. The standard InChI is InChI=1S/C34H40N4S2.2BrH/c1-2-18-37(17-1)31-13-21-35(22-14-31)27-29-5-9-33(10-6-29)39-25-26-40-34-11-7-30(8-12-34)28-36-23-15-32(16-24-36)38-19-3-4-20-38;;/h5-16,21-24H,1-4,17-20,25-28H2;2*1H/q+2;;/p-2. The van der Waals surface area contributed by atoms with Gasteiger partial charge in [0.1, 0.15) is 0 Å². The largest absolute Gasteiger partial charge is 1.00 e. The van der Waals surface area contributed by atoms with E-state index in [1.165, 1.54) is 84.2 Å². The van der Waals surface area contributed by atoms with Gasteiger partial charge in [-0.2, -0.15) is 0 Å². The monoisotopic (exact) mass is 726 g/mol. The average Bonchev–Trinajstić information content (AvgIpc) is 3.74. The number of anilines is 2. The van der Waals surface area contributed by atoms with Gasteiger partial charge in [-0.25, -0.2) is 9.13 Å². The van der Waals surface area contributed by atoms with Crippen molar-refractivity contribution in [3.8, 4) is 0 Å². The molecule has 2 fully saturated rings. The van der Waals surface area contributed by atoms with E-state index >= 15 is 0 Å². The van der Waals surface area contributed by atoms with Gasteiger partial charge >= 0.3 is 0 Å². The van der Waals surface area contributed by atoms with E-state index in [0.29, 0.717) is 0 Å². The van der Waals surface area contributed by atoms with Crippen molar-refractivity contribution in [1.82, 2.24) is 0 Å². The van der Waals surface area contributed by atoms with Crippen molar-refractivity contribution < 1.29 is 43.1 Å². The Kier molecular flexibility index (Phi) is 13.1. The number of hydrogen-bond donors (Lipinski definition) is 0. The highest BCUT2D eigenvalue weighted by molar-refractivity contribution is 8.03. The topological polar surface area (TPSA) is 14.2 Å². The zero-order valence-corrected chi connectivity index (χ0v) is 28.9. The molecule has 0 atom stereocenters. The first kappa shape index (κ1) is 32.9. The van der Waals surface area contributed by atoms with E-state index in [1.54, 1.807) is 0 Å². The molecule has 4 heterocycles. The summed E-state index contributed by atoms with van der Waals surface area (Å²) in [5.41, 5.74) is 5.40. The Labute approximate surface area is 281 Å². The summed E-state index contributed by atoms with van der Waals surface area (Å²) in [5, 5.41) is 0. The first-order chi connectivity index (χ1) is 19.8. The maximum atomic E-state index is 2.48. The van der Waals surface area contributed by atoms with Gasteiger partial charge in [0.2, 0.25) is 0 Å². The minimum Gasteiger partial charge on any atom is -1.00 e. The minimum atomic E-state index is 0. The van der Waals surface area contributed by atoms with Gasteiger partial charge in [0, 0.05) is 94.2 Å². The van der Waals surface area contributed by atoms with Gasteiger partial charge in [0.05, 0.1) is 0 Å². The van der Waals surface area contributed by atoms with Crippen LogP contribution in [0.4, 0.5) is 11.4 Å². The molecule has 222 valence electrons. The quantitative estimate of drug-likeness (QED) is 0.127. The molecule has 8 heteroatoms. The molecule has 0 bridgehead atoms. The number of hydrogen-bond acceptors (Lipinski definition) is 4. The third kappa shape index (κ3) is 9.25. The van der Waals surface area contributed by atoms with Crippen molar-refractivity contribution in [2.24, 2.45) is 0 Å². The van der Waals surface area contributed by atoms with Crippen molar-refractivity contribution >= 4 is 34.9 Å². The van der Waals surface area contributed by atoms with E-state index in [1.807, 2.05) is 23.5 Å². The normalized spacial score (nSPS) is 14.5. The maximum Gasteiger partial charge on any atom is 0.173 e. The summed E-state index contributed by atoms with van der Waals surface area (Å²) < 4.78 is 4.54. The molecular formula is C34H40Br2N4S2. The summed E-state index contributed by atoms with van der Waals surface area (Å²) in [6, 6.07) is 27.2. The molecule has 2 aliphatic rings. The molecule has 0 aliphatic carbocycles. The minimum absolute atomic E-state index is 0. The van der Waals surface area contributed by atoms with E-state index in [-0.39, 0.29) is 34.0 Å². The van der Waals surface area contributed by atoms with E-state index in [0.717, 1.165) is 24.6 Å². The molecule has 0 spiro atoms. The third-order valence-corrected chi connectivity index (χ3v) is 10.2. The fourth-order valence-corrected chi connectivity index (χ4v) is 7.40. The van der Waals surface area contributed by atoms with Gasteiger partial charge in [0.15, 0.2) is 37.9 Å². The van der Waals surface area contributed by atoms with Crippen LogP contribution < -0.4 is 52.9 Å². The lowest BCUT2D eigenvalue weighted by Gasteiger charge is -2.16. The van der Waals surface area contributed by atoms with Crippen LogP contribution in [-0.4, -0.2) is 37.7 Å². The highest BCUT2D eigenvalue weighted by Gasteiger charge is 2.15. The molecule has 6 rings (SSSR count). The highest BCUT2D eigenvalue weighted by atomic mass is 79.9. The Hall–Kier alpha value is -2.00. The molecule has 2 saturated heterocycles. The number of thioether (sulfide) groups is 2. The Morgan fingerprint density at radius 3 is 1.14 bits per heavy atom. The van der Waals surface area contributed by atoms with E-state index in [4.69, 9.17) is 0 Å². The smallest absolute Gasteiger partial charge is 0.173 e. The Morgan fingerprint density at radius 1 is 0.476 bits per heavy atom. The van der Waals surface area contributed by atoms with E-state index < -0.39 is 0 Å². The van der Waals surface area contributed by atoms with Gasteiger partial charge in [-0.05, 0) is 49.9 Å². The van der Waals surface area contributed by atoms with Crippen molar-refractivity contribution in [3.05, 3.63) is 109 Å². The predicted octanol–water partition coefficient (Wildman–Crippen LogP) is 0.451. The SMILES string of the molecule is [Br-].[Br-].c1cc(SCCSc2ccc(C[n+]3ccc(N4CCCC4)cc3)cc2)ccc1C[n+]1ccc(N2CCCC2)cc1. The summed E-state index contributed by atoms with van der Waals surface area (Å²) in [4.78, 5) is 7.67. The second-order valence-electron chi connectivity index (χ2n) is 10.8. The number of benzene rings is 2. The molecule has 0 saturated carbocycles. The van der Waals surface area contributed by atoms with E-state index in [2.05, 4.69) is 117 Å². The van der Waals surface area contributed by atoms with Crippen LogP contribution in [0.25, 0.3) is 0 Å². The molecule has 0 radical (unpaired) electrons. The Balaban J connectivity index is 0.00000202. The number of aromatic nitrogens is 2. The van der Waals surface area contributed by atoms with Crippen LogP contribution in [0, 0.1) is 0 Å². The zero-order valence-electron chi connectivity index (χ0n) is 24.1. The second-order valence-corrected chi connectivity index (χ2v) is 13.2. The molecule has 0 amide bonds. The Morgan fingerprint density at radius 2 is 0.810 bits per heavy atom. The first-order valence-corrected chi connectivity index (χ1v) is 16.7. The van der Waals surface area contributed by atoms with Gasteiger partial charge in [-0.3, -0.25) is 0 Å². The summed E-state index contributed by atoms with van der Waals surface area (Å²) in [6.07, 6.45) is 14.1. The highest BCUT2D eigenvalue weighted by Crippen LogP contribution is 2.24. The molecule has 4 nitrogen and oxygen atoms in total. The van der Waals surface area contributed by atoms with Crippen LogP contribution in [0.3, 0.4) is 0 Å². The molecule has 2 aliphatic heterocycles. The van der Waals surface area contributed by atoms with Crippen LogP contribution in [0.2, 0.25) is 0 Å². The molecule has 4 aromatic rings. The van der Waals surface area contributed by atoms with Crippen molar-refractivity contribution in [2.75, 3.05) is 47.5 Å². The third-order valence-electron chi connectivity index (χ3n) is 7.89. The molecular weight excluding hydrogens is 688 g/mol. The molecule has 2 aromatic heterocycles. The van der Waals surface area contributed by atoms with Crippen LogP contribution >= 0.6 is 23.5 Å². The predicted molar refractivity (Wildman–Crippen MR) is 169 cm³/mol. The lowest BCUT2D eigenvalue weighted by Crippen LogP contribution is -3.00. The fourth-order valence-electron chi connectivity index (χ4n) is 5.60. The number of rotatable bonds is 11. The summed E-state index contributed by atoms with van der Waals surface area (Å²) in [7, 11) is 0. The van der Waals surface area contributed by atoms with Crippen molar-refractivity contribution in [2.45, 2.75) is 48.6 Å². The number of halogens is 2. The van der Waals surface area contributed by atoms with Crippen LogP contribution in [0.15, 0.2) is 107 Å². The lowest BCUT2D eigenvalue weighted by atomic mass is 10.2. The lowest BCUT2D eigenvalue weighted by molar-refractivity contribution is -0.688. The van der Waals surface area contributed by atoms with Crippen molar-refractivity contribution in [3.63, 3.8) is 0 Å². The van der Waals surface area contributed by atoms with Crippen LogP contribution in [0.5, 0.6) is 0 Å². The number of pyridine rings is 2. The maximum absolute atomic E-state index is 2.48. The zero-order chi connectivity index (χ0) is 27.0. The van der Waals surface area contributed by atoms with Gasteiger partial charge in [-0.1, -0.05) is 24.3 Å². The molecule has 0 N–H and O–H groups in total. The van der Waals surface area contributed by atoms with Gasteiger partial charge in [-0.15, -0.1) is 23.5 Å². The average molecular weight is 729 g/mol. The second kappa shape index (κ2) is 16.7. The van der Waals surface area contributed by atoms with Crippen molar-refractivity contribution in [1.29, 1.82) is 0 Å². The molecule has 42 heavy (non-hydrogen) atoms. The summed E-state index contributed by atoms with van der Waals surface area (Å²) in [5.74, 6) is 2.22. The van der Waals surface area contributed by atoms with E-state index in [9.17, 15) is 0 Å². The van der Waals surface area contributed by atoms with Gasteiger partial charge < -0.3 is 43.8 Å². The van der Waals surface area contributed by atoms with Crippen LogP contribution in [0.1, 0.15) is 36.8 Å². The molecule has 2 aromatic carbocycles. The summed E-state index contributed by atoms with van der Waals surface area (Å²) in [6.45, 7) is 6.62. The van der Waals surface area contributed by atoms with Crippen LogP contribution in [-0.2, 0) is 13.1 Å². The molecule has 0 unspecified atom stereocenters. The summed E-state index contributed by atoms with van der Waals surface area (Å²) >= 11 is 3.89. The Bertz CT molecular complexity index is 1230. The van der Waals surface area contributed by atoms with Gasteiger partial charge in [0.25, 0.3) is 0 Å².